The molecular formula is C16H20N6OS. The van der Waals surface area contributed by atoms with Gasteiger partial charge in [-0.2, -0.15) is 0 Å². The highest BCUT2D eigenvalue weighted by atomic mass is 32.1. The van der Waals surface area contributed by atoms with Crippen molar-refractivity contribution in [1.29, 1.82) is 0 Å². The smallest absolute Gasteiger partial charge is 0.273 e. The molecule has 4 rings (SSSR count). The maximum atomic E-state index is 12.7. The van der Waals surface area contributed by atoms with Crippen LogP contribution in [0.5, 0.6) is 0 Å². The maximum Gasteiger partial charge on any atom is 0.273 e. The predicted molar refractivity (Wildman–Crippen MR) is 92.2 cm³/mol. The maximum absolute atomic E-state index is 12.7. The number of carbonyl (C=O) groups excluding carboxylic acids is 1. The number of hydrogen-bond acceptors (Lipinski definition) is 7. The highest BCUT2D eigenvalue weighted by Crippen LogP contribution is 2.26. The lowest BCUT2D eigenvalue weighted by atomic mass is 10.2. The molecule has 2 aliphatic heterocycles. The Morgan fingerprint density at radius 2 is 2.00 bits per heavy atom. The van der Waals surface area contributed by atoms with Crippen molar-refractivity contribution in [1.82, 2.24) is 25.2 Å². The summed E-state index contributed by atoms with van der Waals surface area (Å²) in [5, 5.41) is 6.36. The molecule has 1 atom stereocenters. The molecule has 2 aromatic heterocycles. The number of rotatable bonds is 3. The molecule has 2 aliphatic rings. The number of thiazole rings is 1. The second kappa shape index (κ2) is 6.82. The summed E-state index contributed by atoms with van der Waals surface area (Å²) in [6.45, 7) is 3.88. The van der Waals surface area contributed by atoms with Gasteiger partial charge in [0.25, 0.3) is 5.91 Å². The molecule has 0 aliphatic carbocycles. The number of carbonyl (C=O) groups is 1. The topological polar surface area (TPSA) is 74.2 Å². The number of nitrogens with zero attached hydrogens (tertiary/aromatic N) is 5. The lowest BCUT2D eigenvalue weighted by Crippen LogP contribution is -2.49. The summed E-state index contributed by atoms with van der Waals surface area (Å²) in [4.78, 5) is 29.8. The number of amides is 1. The molecule has 2 fully saturated rings. The Labute approximate surface area is 144 Å². The first kappa shape index (κ1) is 15.5. The molecule has 24 heavy (non-hydrogen) atoms. The van der Waals surface area contributed by atoms with Crippen LogP contribution in [0.2, 0.25) is 0 Å². The molecule has 0 radical (unpaired) electrons. The molecule has 1 N–H and O–H groups in total. The van der Waals surface area contributed by atoms with Gasteiger partial charge in [-0.1, -0.05) is 0 Å². The summed E-state index contributed by atoms with van der Waals surface area (Å²) in [6, 6.07) is 2.13. The van der Waals surface area contributed by atoms with Gasteiger partial charge in [0.05, 0.1) is 6.04 Å². The van der Waals surface area contributed by atoms with E-state index in [4.69, 9.17) is 0 Å². The minimum absolute atomic E-state index is 0.0316. The van der Waals surface area contributed by atoms with E-state index in [0.29, 0.717) is 24.8 Å². The first-order valence-electron chi connectivity index (χ1n) is 8.31. The number of piperazine rings is 1. The van der Waals surface area contributed by atoms with E-state index < -0.39 is 0 Å². The zero-order valence-corrected chi connectivity index (χ0v) is 14.2. The van der Waals surface area contributed by atoms with Crippen molar-refractivity contribution in [3.63, 3.8) is 0 Å². The first-order chi connectivity index (χ1) is 11.8. The Morgan fingerprint density at radius 1 is 1.21 bits per heavy atom. The summed E-state index contributed by atoms with van der Waals surface area (Å²) in [5.74, 6) is 0.761. The molecule has 0 spiro atoms. The van der Waals surface area contributed by atoms with Gasteiger partial charge in [-0.15, -0.1) is 11.3 Å². The molecule has 1 amide bonds. The minimum Gasteiger partial charge on any atom is -0.337 e. The van der Waals surface area contributed by atoms with Gasteiger partial charge < -0.3 is 15.1 Å². The van der Waals surface area contributed by atoms with E-state index in [1.807, 2.05) is 16.3 Å². The lowest BCUT2D eigenvalue weighted by Gasteiger charge is -2.34. The van der Waals surface area contributed by atoms with Gasteiger partial charge in [0.1, 0.15) is 10.7 Å². The van der Waals surface area contributed by atoms with Crippen molar-refractivity contribution >= 4 is 23.2 Å². The van der Waals surface area contributed by atoms with Crippen LogP contribution in [0.3, 0.4) is 0 Å². The third-order valence-corrected chi connectivity index (χ3v) is 5.46. The summed E-state index contributed by atoms with van der Waals surface area (Å²) in [7, 11) is 0. The van der Waals surface area contributed by atoms with Crippen LogP contribution in [0.15, 0.2) is 23.8 Å². The van der Waals surface area contributed by atoms with Crippen LogP contribution in [0, 0.1) is 0 Å². The summed E-state index contributed by atoms with van der Waals surface area (Å²) in [5.41, 5.74) is 0.577. The van der Waals surface area contributed by atoms with Crippen LogP contribution in [-0.2, 0) is 0 Å². The molecule has 7 nitrogen and oxygen atoms in total. The third kappa shape index (κ3) is 3.11. The van der Waals surface area contributed by atoms with Crippen LogP contribution < -0.4 is 10.2 Å². The molecule has 0 bridgehead atoms. The quantitative estimate of drug-likeness (QED) is 0.905. The number of anilines is 1. The fraction of sp³-hybridized carbons (Fsp3) is 0.500. The largest absolute Gasteiger partial charge is 0.337 e. The Morgan fingerprint density at radius 3 is 2.71 bits per heavy atom. The normalized spacial score (nSPS) is 21.2. The monoisotopic (exact) mass is 344 g/mol. The zero-order valence-electron chi connectivity index (χ0n) is 13.4. The van der Waals surface area contributed by atoms with Gasteiger partial charge in [0.15, 0.2) is 0 Å². The van der Waals surface area contributed by atoms with E-state index in [0.717, 1.165) is 37.0 Å². The van der Waals surface area contributed by atoms with E-state index in [1.54, 1.807) is 23.7 Å². The van der Waals surface area contributed by atoms with Crippen LogP contribution in [-0.4, -0.2) is 58.5 Å². The standard InChI is InChI=1S/C16H20N6OS/c23-15(13-11-24-14(20-13)12-3-1-4-17-12)21-7-9-22(10-8-21)16-18-5-2-6-19-16/h2,5-6,11-12,17H,1,3-4,7-10H2. The Kier molecular flexibility index (Phi) is 4.40. The average Bonchev–Trinajstić information content (AvgIpc) is 3.33. The highest BCUT2D eigenvalue weighted by Gasteiger charge is 2.26. The van der Waals surface area contributed by atoms with E-state index in [9.17, 15) is 4.79 Å². The molecule has 1 unspecified atom stereocenters. The van der Waals surface area contributed by atoms with Crippen molar-refractivity contribution in [3.8, 4) is 0 Å². The van der Waals surface area contributed by atoms with Crippen LogP contribution in [0.1, 0.15) is 34.4 Å². The average molecular weight is 344 g/mol. The van der Waals surface area contributed by atoms with E-state index in [-0.39, 0.29) is 5.91 Å². The van der Waals surface area contributed by atoms with Crippen molar-refractivity contribution in [2.75, 3.05) is 37.6 Å². The van der Waals surface area contributed by atoms with E-state index in [2.05, 4.69) is 25.2 Å². The fourth-order valence-corrected chi connectivity index (χ4v) is 4.07. The molecule has 8 heteroatoms. The van der Waals surface area contributed by atoms with Crippen molar-refractivity contribution in [2.24, 2.45) is 0 Å². The van der Waals surface area contributed by atoms with Gasteiger partial charge >= 0.3 is 0 Å². The second-order valence-corrected chi connectivity index (χ2v) is 6.94. The summed E-state index contributed by atoms with van der Waals surface area (Å²) >= 11 is 1.59. The molecule has 126 valence electrons. The molecule has 0 aromatic carbocycles. The highest BCUT2D eigenvalue weighted by molar-refractivity contribution is 7.09. The number of nitrogens with one attached hydrogen (secondary N) is 1. The van der Waals surface area contributed by atoms with Crippen LogP contribution in [0.4, 0.5) is 5.95 Å². The van der Waals surface area contributed by atoms with Crippen molar-refractivity contribution in [3.05, 3.63) is 34.5 Å². The fourth-order valence-electron chi connectivity index (χ4n) is 3.17. The molecule has 2 saturated heterocycles. The van der Waals surface area contributed by atoms with E-state index in [1.165, 1.54) is 6.42 Å². The number of hydrogen-bond donors (Lipinski definition) is 1. The second-order valence-electron chi connectivity index (χ2n) is 6.05. The van der Waals surface area contributed by atoms with Gasteiger partial charge in [0.2, 0.25) is 5.95 Å². The van der Waals surface area contributed by atoms with Gasteiger partial charge in [-0.3, -0.25) is 4.79 Å². The molecule has 2 aromatic rings. The Balaban J connectivity index is 1.38. The Hall–Kier alpha value is -2.06. The predicted octanol–water partition coefficient (Wildman–Crippen LogP) is 1.32. The summed E-state index contributed by atoms with van der Waals surface area (Å²) in [6.07, 6.45) is 5.77. The minimum atomic E-state index is 0.0316. The van der Waals surface area contributed by atoms with Crippen LogP contribution >= 0.6 is 11.3 Å². The van der Waals surface area contributed by atoms with Gasteiger partial charge in [-0.25, -0.2) is 15.0 Å². The van der Waals surface area contributed by atoms with Gasteiger partial charge in [0, 0.05) is 44.0 Å². The van der Waals surface area contributed by atoms with Crippen molar-refractivity contribution in [2.45, 2.75) is 18.9 Å². The SMILES string of the molecule is O=C(c1csc(C2CCCN2)n1)N1CCN(c2ncccn2)CC1. The summed E-state index contributed by atoms with van der Waals surface area (Å²) < 4.78 is 0. The zero-order chi connectivity index (χ0) is 16.4. The van der Waals surface area contributed by atoms with Gasteiger partial charge in [-0.05, 0) is 25.5 Å². The van der Waals surface area contributed by atoms with E-state index >= 15 is 0 Å². The number of aromatic nitrogens is 3. The Bertz CT molecular complexity index is 692. The molecule has 0 saturated carbocycles. The van der Waals surface area contributed by atoms with Crippen molar-refractivity contribution < 1.29 is 4.79 Å². The van der Waals surface area contributed by atoms with Crippen LogP contribution in [0.25, 0.3) is 0 Å². The first-order valence-corrected chi connectivity index (χ1v) is 9.19. The molecule has 4 heterocycles. The molecular weight excluding hydrogens is 324 g/mol. The lowest BCUT2D eigenvalue weighted by molar-refractivity contribution is 0.0741. The third-order valence-electron chi connectivity index (χ3n) is 4.50.